The number of amides is 1. The number of rotatable bonds is 11. The van der Waals surface area contributed by atoms with Gasteiger partial charge < -0.3 is 34.1 Å². The summed E-state index contributed by atoms with van der Waals surface area (Å²) < 4.78 is 22.7. The summed E-state index contributed by atoms with van der Waals surface area (Å²) in [6, 6.07) is 5.06. The van der Waals surface area contributed by atoms with E-state index in [1.807, 2.05) is 36.0 Å². The van der Waals surface area contributed by atoms with Crippen LogP contribution in [0.3, 0.4) is 0 Å². The van der Waals surface area contributed by atoms with Gasteiger partial charge in [-0.3, -0.25) is 9.69 Å². The minimum Gasteiger partial charge on any atom is -0.493 e. The van der Waals surface area contributed by atoms with E-state index < -0.39 is 0 Å². The molecule has 46 heavy (non-hydrogen) atoms. The van der Waals surface area contributed by atoms with Gasteiger partial charge in [-0.05, 0) is 73.2 Å². The van der Waals surface area contributed by atoms with Crippen LogP contribution >= 0.6 is 11.6 Å². The smallest absolute Gasteiger partial charge is 0.262 e. The Morgan fingerprint density at radius 2 is 1.80 bits per heavy atom. The Bertz CT molecular complexity index is 1460. The second-order valence-corrected chi connectivity index (χ2v) is 12.7. The molecule has 0 saturated carbocycles. The summed E-state index contributed by atoms with van der Waals surface area (Å²) in [7, 11) is 5.41. The summed E-state index contributed by atoms with van der Waals surface area (Å²) in [5, 5.41) is 4.33. The topological polar surface area (TPSA) is 114 Å². The first-order chi connectivity index (χ1) is 22.0. The van der Waals surface area contributed by atoms with Gasteiger partial charge in [-0.15, -0.1) is 0 Å². The van der Waals surface area contributed by atoms with Gasteiger partial charge in [-0.2, -0.15) is 0 Å². The van der Waals surface area contributed by atoms with E-state index in [0.29, 0.717) is 76.3 Å². The highest BCUT2D eigenvalue weighted by atomic mass is 35.5. The molecular weight excluding hydrogens is 610 g/mol. The summed E-state index contributed by atoms with van der Waals surface area (Å²) in [6.07, 6.45) is 4.76. The van der Waals surface area contributed by atoms with E-state index in [1.54, 1.807) is 7.11 Å². The van der Waals surface area contributed by atoms with Crippen LogP contribution in [0, 0.1) is 5.92 Å². The van der Waals surface area contributed by atoms with Gasteiger partial charge in [0.05, 0.1) is 37.0 Å². The predicted octanol–water partition coefficient (Wildman–Crippen LogP) is 5.46. The monoisotopic (exact) mass is 657 g/mol. The number of methoxy groups -OCH3 is 1. The third kappa shape index (κ3) is 8.80. The van der Waals surface area contributed by atoms with E-state index >= 15 is 0 Å². The first-order valence-corrected chi connectivity index (χ1v) is 16.2. The summed E-state index contributed by atoms with van der Waals surface area (Å²) in [4.78, 5) is 31.6. The van der Waals surface area contributed by atoms with E-state index in [-0.39, 0.29) is 12.7 Å². The maximum atomic E-state index is 12.3. The van der Waals surface area contributed by atoms with Crippen LogP contribution in [-0.4, -0.2) is 108 Å². The number of likely N-dealkylation sites (tertiary alicyclic amines) is 1. The lowest BCUT2D eigenvalue weighted by molar-refractivity contribution is -0.133. The van der Waals surface area contributed by atoms with Crippen molar-refractivity contribution in [1.82, 2.24) is 29.7 Å². The zero-order valence-corrected chi connectivity index (χ0v) is 29.1. The summed E-state index contributed by atoms with van der Waals surface area (Å²) in [6.45, 7) is 14.9. The number of nitrogens with zero attached hydrogens (tertiary/aromatic N) is 6. The molecule has 0 spiro atoms. The molecule has 2 aliphatic heterocycles. The van der Waals surface area contributed by atoms with Crippen molar-refractivity contribution in [2.24, 2.45) is 5.92 Å². The van der Waals surface area contributed by atoms with Crippen molar-refractivity contribution in [3.05, 3.63) is 29.7 Å². The van der Waals surface area contributed by atoms with Crippen LogP contribution in [0.4, 0.5) is 11.5 Å². The second kappa shape index (κ2) is 16.3. The van der Waals surface area contributed by atoms with Gasteiger partial charge >= 0.3 is 0 Å². The van der Waals surface area contributed by atoms with Crippen LogP contribution in [0.2, 0.25) is 5.02 Å². The fourth-order valence-electron chi connectivity index (χ4n) is 5.76. The molecule has 1 aromatic carbocycles. The normalized spacial score (nSPS) is 14.7. The third-order valence-electron chi connectivity index (χ3n) is 8.10. The minimum absolute atomic E-state index is 0.0712. The maximum Gasteiger partial charge on any atom is 0.262 e. The van der Waals surface area contributed by atoms with Crippen molar-refractivity contribution in [1.29, 1.82) is 0 Å². The third-order valence-corrected chi connectivity index (χ3v) is 8.39. The molecule has 13 heteroatoms. The van der Waals surface area contributed by atoms with Crippen LogP contribution in [0.25, 0.3) is 10.9 Å². The van der Waals surface area contributed by atoms with E-state index in [0.717, 1.165) is 37.9 Å². The molecule has 5 rings (SSSR count). The summed E-state index contributed by atoms with van der Waals surface area (Å²) in [5.74, 6) is 3.01. The quantitative estimate of drug-likeness (QED) is 0.283. The van der Waals surface area contributed by atoms with Crippen molar-refractivity contribution in [2.75, 3.05) is 66.1 Å². The Labute approximate surface area is 277 Å². The second-order valence-electron chi connectivity index (χ2n) is 12.3. The zero-order valence-electron chi connectivity index (χ0n) is 28.3. The molecule has 1 fully saturated rings. The van der Waals surface area contributed by atoms with Crippen LogP contribution < -0.4 is 24.3 Å². The average molecular weight is 658 g/mol. The zero-order chi connectivity index (χ0) is 33.4. The van der Waals surface area contributed by atoms with E-state index in [4.69, 9.17) is 30.5 Å². The van der Waals surface area contributed by atoms with Gasteiger partial charge in [0.25, 0.3) is 5.88 Å². The average Bonchev–Trinajstić information content (AvgIpc) is 3.50. The van der Waals surface area contributed by atoms with Crippen LogP contribution in [0.15, 0.2) is 24.7 Å². The predicted molar refractivity (Wildman–Crippen MR) is 181 cm³/mol. The first-order valence-electron chi connectivity index (χ1n) is 15.9. The van der Waals surface area contributed by atoms with Crippen molar-refractivity contribution >= 4 is 39.9 Å². The highest BCUT2D eigenvalue weighted by Crippen LogP contribution is 2.44. The summed E-state index contributed by atoms with van der Waals surface area (Å²) in [5.41, 5.74) is 1.19. The minimum atomic E-state index is 0.0712. The number of carbonyl (C=O) groups is 1. The molecule has 0 unspecified atom stereocenters. The number of fused-ring (bicyclic) bond motifs is 2. The number of halogens is 1. The molecule has 0 aliphatic carbocycles. The number of hydrogen-bond donors (Lipinski definition) is 1. The number of ether oxygens (including phenoxy) is 4. The van der Waals surface area contributed by atoms with Gasteiger partial charge in [0, 0.05) is 36.6 Å². The molecule has 1 saturated heterocycles. The Morgan fingerprint density at radius 1 is 1.09 bits per heavy atom. The van der Waals surface area contributed by atoms with Gasteiger partial charge in [-0.25, -0.2) is 15.0 Å². The fourth-order valence-corrected chi connectivity index (χ4v) is 5.94. The maximum absolute atomic E-state index is 12.3. The first kappa shape index (κ1) is 35.2. The number of hydrogen-bond acceptors (Lipinski definition) is 11. The Kier molecular flexibility index (Phi) is 12.5. The molecule has 0 bridgehead atoms. The molecule has 12 nitrogen and oxygen atoms in total. The SMILES string of the molecule is CCN(C(C)C)C(C)C.COc1cc2c(Nc3c(Cl)cnc4c3OCO4)ncnc2cc1OCC1CCN(C(=O)CN(C)C)CC1. The van der Waals surface area contributed by atoms with E-state index in [2.05, 4.69) is 59.8 Å². The molecule has 4 heterocycles. The molecule has 1 N–H and O–H groups in total. The Hall–Kier alpha value is -3.61. The van der Waals surface area contributed by atoms with E-state index in [9.17, 15) is 4.79 Å². The lowest BCUT2D eigenvalue weighted by Gasteiger charge is -2.32. The number of anilines is 2. The number of benzene rings is 1. The fraction of sp³-hybridized carbons (Fsp3) is 0.576. The van der Waals surface area contributed by atoms with Crippen LogP contribution in [0.1, 0.15) is 47.5 Å². The number of likely N-dealkylation sites (N-methyl/N-ethyl adjacent to an activating group) is 1. The van der Waals surface area contributed by atoms with Crippen molar-refractivity contribution in [3.63, 3.8) is 0 Å². The lowest BCUT2D eigenvalue weighted by atomic mass is 9.97. The molecule has 3 aromatic rings. The standard InChI is InChI=1S/C25H29ClN6O5.C8H19N/c1-31(2)11-21(33)32-6-4-15(5-7-32)12-35-20-9-18-16(8-19(20)34-3)24(29-13-28-18)30-22-17(26)10-27-25-23(22)36-14-37-25;1-6-9(7(2)3)8(4)5/h8-10,13,15H,4-7,11-12,14H2,1-3H3,(H,27,28,29,30);7-8H,6H2,1-5H3. The van der Waals surface area contributed by atoms with Gasteiger partial charge in [0.1, 0.15) is 17.8 Å². The number of pyridine rings is 1. The number of aromatic nitrogens is 3. The van der Waals surface area contributed by atoms with Gasteiger partial charge in [0.2, 0.25) is 18.4 Å². The van der Waals surface area contributed by atoms with Gasteiger partial charge in [0.15, 0.2) is 11.5 Å². The number of nitrogens with one attached hydrogen (secondary N) is 1. The van der Waals surface area contributed by atoms with Crippen molar-refractivity contribution < 1.29 is 23.7 Å². The largest absolute Gasteiger partial charge is 0.493 e. The molecule has 2 aliphatic rings. The molecule has 252 valence electrons. The van der Waals surface area contributed by atoms with E-state index in [1.165, 1.54) is 12.5 Å². The van der Waals surface area contributed by atoms with Crippen LogP contribution in [0.5, 0.6) is 23.1 Å². The molecule has 2 aromatic heterocycles. The molecule has 0 atom stereocenters. The van der Waals surface area contributed by atoms with Crippen molar-refractivity contribution in [3.8, 4) is 23.1 Å². The highest BCUT2D eigenvalue weighted by Gasteiger charge is 2.25. The lowest BCUT2D eigenvalue weighted by Crippen LogP contribution is -2.43. The Balaban J connectivity index is 0.000000468. The number of carbonyl (C=O) groups excluding carboxylic acids is 1. The van der Waals surface area contributed by atoms with Crippen LogP contribution in [-0.2, 0) is 4.79 Å². The number of piperidine rings is 1. The van der Waals surface area contributed by atoms with Gasteiger partial charge in [-0.1, -0.05) is 18.5 Å². The Morgan fingerprint density at radius 3 is 2.41 bits per heavy atom. The molecular formula is C33H48ClN7O5. The molecule has 1 amide bonds. The molecule has 0 radical (unpaired) electrons. The highest BCUT2D eigenvalue weighted by molar-refractivity contribution is 6.33. The summed E-state index contributed by atoms with van der Waals surface area (Å²) >= 11 is 6.38. The van der Waals surface area contributed by atoms with Crippen molar-refractivity contribution in [2.45, 2.75) is 59.5 Å².